The fraction of sp³-hybridized carbons (Fsp3) is 0.364. The second-order valence-corrected chi connectivity index (χ2v) is 7.31. The van der Waals surface area contributed by atoms with Crippen molar-refractivity contribution < 1.29 is 14.6 Å². The monoisotopic (exact) mass is 394 g/mol. The Hall–Kier alpha value is -2.90. The molecule has 29 heavy (non-hydrogen) atoms. The first kappa shape index (κ1) is 19.4. The number of amides is 1. The van der Waals surface area contributed by atoms with Gasteiger partial charge in [-0.25, -0.2) is 0 Å². The number of morpholine rings is 1. The van der Waals surface area contributed by atoms with E-state index in [1.807, 2.05) is 31.3 Å². The van der Waals surface area contributed by atoms with Crippen LogP contribution in [0.25, 0.3) is 22.2 Å². The van der Waals surface area contributed by atoms with E-state index >= 15 is 0 Å². The zero-order valence-corrected chi connectivity index (χ0v) is 16.6. The summed E-state index contributed by atoms with van der Waals surface area (Å²) in [4.78, 5) is 22.2. The van der Waals surface area contributed by atoms with Crippen LogP contribution in [0.3, 0.4) is 0 Å². The number of nitrogens with one attached hydrogen (secondary N) is 2. The first-order valence-electron chi connectivity index (χ1n) is 10.0. The number of benzene rings is 1. The molecule has 3 aromatic rings. The lowest BCUT2D eigenvalue weighted by Crippen LogP contribution is -2.35. The van der Waals surface area contributed by atoms with Crippen LogP contribution in [-0.4, -0.2) is 58.7 Å². The van der Waals surface area contributed by atoms with Gasteiger partial charge in [0.25, 0.3) is 5.91 Å². The molecule has 1 amide bonds. The number of hydrogen-bond acceptors (Lipinski definition) is 5. The molecule has 4 rings (SSSR count). The van der Waals surface area contributed by atoms with E-state index in [9.17, 15) is 9.90 Å². The number of aromatic amines is 1. The third-order valence-electron chi connectivity index (χ3n) is 5.17. The number of nitrogens with zero attached hydrogens (tertiary/aromatic N) is 2. The molecule has 1 aliphatic rings. The molecule has 0 atom stereocenters. The van der Waals surface area contributed by atoms with Crippen molar-refractivity contribution in [2.45, 2.75) is 19.9 Å². The number of rotatable bonds is 6. The minimum atomic E-state index is -0.116. The number of carbonyl (C=O) groups excluding carboxylic acids is 1. The molecule has 7 nitrogen and oxygen atoms in total. The zero-order valence-electron chi connectivity index (χ0n) is 16.6. The number of aromatic hydroxyl groups is 1. The van der Waals surface area contributed by atoms with Crippen LogP contribution in [0.1, 0.15) is 29.3 Å². The molecule has 0 unspecified atom stereocenters. The molecule has 1 fully saturated rings. The Bertz CT molecular complexity index is 991. The van der Waals surface area contributed by atoms with Crippen molar-refractivity contribution in [3.63, 3.8) is 0 Å². The van der Waals surface area contributed by atoms with Crippen LogP contribution in [0, 0.1) is 0 Å². The van der Waals surface area contributed by atoms with Crippen LogP contribution >= 0.6 is 0 Å². The highest BCUT2D eigenvalue weighted by Crippen LogP contribution is 2.36. The van der Waals surface area contributed by atoms with Crippen molar-refractivity contribution in [3.05, 3.63) is 47.7 Å². The summed E-state index contributed by atoms with van der Waals surface area (Å²) in [5.74, 6) is -0.0613. The maximum Gasteiger partial charge on any atom is 0.251 e. The molecule has 1 aromatic carbocycles. The van der Waals surface area contributed by atoms with Crippen LogP contribution in [-0.2, 0) is 11.3 Å². The van der Waals surface area contributed by atoms with Crippen molar-refractivity contribution in [1.29, 1.82) is 0 Å². The number of H-pyrrole nitrogens is 1. The molecule has 3 N–H and O–H groups in total. The van der Waals surface area contributed by atoms with Crippen molar-refractivity contribution in [1.82, 2.24) is 20.2 Å². The van der Waals surface area contributed by atoms with Gasteiger partial charge in [0.05, 0.1) is 24.5 Å². The standard InChI is InChI=1S/C22H26N4O3/c1-2-7-23-21(27)16-4-6-18-17(12-16)20(22(28)25-18)19-5-3-15(13-24-19)14-26-8-10-29-11-9-26/h3-6,12-13,25,28H,2,7-11,14H2,1H3,(H,23,27). The molecule has 0 radical (unpaired) electrons. The van der Waals surface area contributed by atoms with Gasteiger partial charge < -0.3 is 20.1 Å². The maximum absolute atomic E-state index is 12.3. The van der Waals surface area contributed by atoms with Gasteiger partial charge >= 0.3 is 0 Å². The first-order valence-corrected chi connectivity index (χ1v) is 10.0. The van der Waals surface area contributed by atoms with Gasteiger partial charge in [-0.05, 0) is 36.2 Å². The number of aromatic nitrogens is 2. The molecule has 0 spiro atoms. The molecule has 152 valence electrons. The first-order chi connectivity index (χ1) is 14.2. The van der Waals surface area contributed by atoms with Crippen molar-refractivity contribution in [3.8, 4) is 17.1 Å². The van der Waals surface area contributed by atoms with Crippen LogP contribution < -0.4 is 5.32 Å². The molecule has 2 aromatic heterocycles. The third-order valence-corrected chi connectivity index (χ3v) is 5.17. The van der Waals surface area contributed by atoms with Gasteiger partial charge in [0.2, 0.25) is 0 Å². The number of pyridine rings is 1. The van der Waals surface area contributed by atoms with Crippen LogP contribution in [0.2, 0.25) is 0 Å². The van der Waals surface area contributed by atoms with E-state index in [1.165, 1.54) is 0 Å². The SMILES string of the molecule is CCCNC(=O)c1ccc2[nH]c(O)c(-c3ccc(CN4CCOCC4)cn3)c2c1. The predicted molar refractivity (Wildman–Crippen MR) is 112 cm³/mol. The predicted octanol–water partition coefficient (Wildman–Crippen LogP) is 2.91. The second kappa shape index (κ2) is 8.63. The molecule has 0 bridgehead atoms. The Morgan fingerprint density at radius 1 is 1.28 bits per heavy atom. The third kappa shape index (κ3) is 4.26. The highest BCUT2D eigenvalue weighted by atomic mass is 16.5. The summed E-state index contributed by atoms with van der Waals surface area (Å²) in [6, 6.07) is 9.32. The summed E-state index contributed by atoms with van der Waals surface area (Å²) in [5, 5.41) is 14.1. The van der Waals surface area contributed by atoms with Gasteiger partial charge in [-0.15, -0.1) is 0 Å². The highest BCUT2D eigenvalue weighted by Gasteiger charge is 2.17. The van der Waals surface area contributed by atoms with Crippen LogP contribution in [0.4, 0.5) is 0 Å². The lowest BCUT2D eigenvalue weighted by Gasteiger charge is -2.26. The zero-order chi connectivity index (χ0) is 20.2. The minimum absolute atomic E-state index is 0.0551. The summed E-state index contributed by atoms with van der Waals surface area (Å²) < 4.78 is 5.39. The van der Waals surface area contributed by atoms with Gasteiger partial charge in [0.1, 0.15) is 0 Å². The van der Waals surface area contributed by atoms with E-state index < -0.39 is 0 Å². The lowest BCUT2D eigenvalue weighted by atomic mass is 10.1. The molecule has 3 heterocycles. The fourth-order valence-electron chi connectivity index (χ4n) is 3.60. The minimum Gasteiger partial charge on any atom is -0.494 e. The van der Waals surface area contributed by atoms with Crippen molar-refractivity contribution >= 4 is 16.8 Å². The lowest BCUT2D eigenvalue weighted by molar-refractivity contribution is 0.0341. The average Bonchev–Trinajstić information content (AvgIpc) is 3.08. The van der Waals surface area contributed by atoms with E-state index in [4.69, 9.17) is 4.74 Å². The largest absolute Gasteiger partial charge is 0.494 e. The van der Waals surface area contributed by atoms with Gasteiger partial charge in [-0.1, -0.05) is 13.0 Å². The number of carbonyl (C=O) groups is 1. The molecular weight excluding hydrogens is 368 g/mol. The smallest absolute Gasteiger partial charge is 0.251 e. The maximum atomic E-state index is 12.3. The van der Waals surface area contributed by atoms with Gasteiger partial charge in [-0.2, -0.15) is 0 Å². The molecule has 1 saturated heterocycles. The van der Waals surface area contributed by atoms with E-state index in [2.05, 4.69) is 20.2 Å². The Labute approximate surface area is 169 Å². The summed E-state index contributed by atoms with van der Waals surface area (Å²) >= 11 is 0. The summed E-state index contributed by atoms with van der Waals surface area (Å²) in [6.07, 6.45) is 2.73. The van der Waals surface area contributed by atoms with Crippen LogP contribution in [0.15, 0.2) is 36.5 Å². The van der Waals surface area contributed by atoms with Gasteiger partial charge in [0.15, 0.2) is 5.88 Å². The summed E-state index contributed by atoms with van der Waals surface area (Å²) in [7, 11) is 0. The van der Waals surface area contributed by atoms with Crippen molar-refractivity contribution in [2.24, 2.45) is 0 Å². The topological polar surface area (TPSA) is 90.5 Å². The number of ether oxygens (including phenoxy) is 1. The summed E-state index contributed by atoms with van der Waals surface area (Å²) in [5.41, 5.74) is 3.74. The molecule has 0 saturated carbocycles. The Morgan fingerprint density at radius 2 is 2.10 bits per heavy atom. The van der Waals surface area contributed by atoms with E-state index in [0.29, 0.717) is 23.4 Å². The Morgan fingerprint density at radius 3 is 2.83 bits per heavy atom. The molecule has 1 aliphatic heterocycles. The molecular formula is C22H26N4O3. The Balaban J connectivity index is 1.60. The number of fused-ring (bicyclic) bond motifs is 1. The second-order valence-electron chi connectivity index (χ2n) is 7.31. The normalized spacial score (nSPS) is 14.9. The van der Waals surface area contributed by atoms with E-state index in [0.717, 1.165) is 55.7 Å². The molecule has 0 aliphatic carbocycles. The van der Waals surface area contributed by atoms with Gasteiger partial charge in [0, 0.05) is 48.8 Å². The van der Waals surface area contributed by atoms with E-state index in [-0.39, 0.29) is 11.8 Å². The van der Waals surface area contributed by atoms with Crippen molar-refractivity contribution in [2.75, 3.05) is 32.8 Å². The highest BCUT2D eigenvalue weighted by molar-refractivity contribution is 6.03. The fourth-order valence-corrected chi connectivity index (χ4v) is 3.60. The van der Waals surface area contributed by atoms with E-state index in [1.54, 1.807) is 12.1 Å². The Kier molecular flexibility index (Phi) is 5.78. The molecule has 7 heteroatoms. The number of hydrogen-bond donors (Lipinski definition) is 3. The van der Waals surface area contributed by atoms with Gasteiger partial charge in [-0.3, -0.25) is 14.7 Å². The quantitative estimate of drug-likeness (QED) is 0.598. The van der Waals surface area contributed by atoms with Crippen LogP contribution in [0.5, 0.6) is 5.88 Å². The summed E-state index contributed by atoms with van der Waals surface area (Å²) in [6.45, 7) is 6.86. The average molecular weight is 394 g/mol.